The average molecular weight is 319 g/mol. The van der Waals surface area contributed by atoms with Gasteiger partial charge in [-0.05, 0) is 44.0 Å². The van der Waals surface area contributed by atoms with Crippen LogP contribution in [0, 0.1) is 12.8 Å². The van der Waals surface area contributed by atoms with Crippen LogP contribution < -0.4 is 0 Å². The van der Waals surface area contributed by atoms with Gasteiger partial charge in [0.1, 0.15) is 11.5 Å². The smallest absolute Gasteiger partial charge is 0.308 e. The van der Waals surface area contributed by atoms with Crippen LogP contribution in [0.1, 0.15) is 28.3 Å². The van der Waals surface area contributed by atoms with Gasteiger partial charge in [0, 0.05) is 13.1 Å². The molecule has 1 atom stereocenters. The first-order chi connectivity index (χ1) is 10.5. The van der Waals surface area contributed by atoms with Crippen LogP contribution in [0.3, 0.4) is 0 Å². The molecule has 1 N–H and O–H groups in total. The molecule has 0 aromatic carbocycles. The average Bonchev–Trinajstić information content (AvgIpc) is 3.15. The van der Waals surface area contributed by atoms with Crippen LogP contribution in [0.4, 0.5) is 0 Å². The van der Waals surface area contributed by atoms with Crippen molar-refractivity contribution in [2.45, 2.75) is 19.8 Å². The third-order valence-corrected chi connectivity index (χ3v) is 4.95. The van der Waals surface area contributed by atoms with Gasteiger partial charge in [-0.2, -0.15) is 0 Å². The number of thiophene rings is 1. The molecule has 3 heterocycles. The number of amides is 1. The summed E-state index contributed by atoms with van der Waals surface area (Å²) in [6.07, 6.45) is 1.37. The number of carbonyl (C=O) groups excluding carboxylic acids is 1. The molecule has 22 heavy (non-hydrogen) atoms. The van der Waals surface area contributed by atoms with Crippen molar-refractivity contribution in [3.05, 3.63) is 34.9 Å². The van der Waals surface area contributed by atoms with E-state index in [1.54, 1.807) is 11.0 Å². The van der Waals surface area contributed by atoms with Crippen LogP contribution in [-0.2, 0) is 4.79 Å². The number of aliphatic carboxylic acids is 1. The van der Waals surface area contributed by atoms with Crippen LogP contribution in [-0.4, -0.2) is 35.0 Å². The lowest BCUT2D eigenvalue weighted by Crippen LogP contribution is -2.42. The number of aryl methyl sites for hydroxylation is 1. The molecule has 1 aliphatic heterocycles. The Morgan fingerprint density at radius 3 is 2.82 bits per heavy atom. The Hall–Kier alpha value is -2.08. The van der Waals surface area contributed by atoms with Crippen molar-refractivity contribution in [2.24, 2.45) is 5.92 Å². The monoisotopic (exact) mass is 319 g/mol. The molecular weight excluding hydrogens is 302 g/mol. The number of furan rings is 1. The minimum absolute atomic E-state index is 0.0921. The van der Waals surface area contributed by atoms with E-state index < -0.39 is 11.9 Å². The Balaban J connectivity index is 1.75. The summed E-state index contributed by atoms with van der Waals surface area (Å²) in [6.45, 7) is 2.79. The van der Waals surface area contributed by atoms with E-state index in [2.05, 4.69) is 0 Å². The van der Waals surface area contributed by atoms with E-state index in [-0.39, 0.29) is 5.91 Å². The zero-order valence-electron chi connectivity index (χ0n) is 12.2. The summed E-state index contributed by atoms with van der Waals surface area (Å²) in [4.78, 5) is 26.8. The first-order valence-electron chi connectivity index (χ1n) is 7.23. The summed E-state index contributed by atoms with van der Waals surface area (Å²) in [5.74, 6) is 0.214. The summed E-state index contributed by atoms with van der Waals surface area (Å²) < 4.78 is 5.56. The van der Waals surface area contributed by atoms with Crippen LogP contribution in [0.5, 0.6) is 0 Å². The standard InChI is InChI=1S/C16H17NO4S/c1-10-4-5-12(21-10)13-6-7-14(22-13)15(18)17-8-2-3-11(9-17)16(19)20/h4-7,11H,2-3,8-9H2,1H3,(H,19,20)/t11-/m0/s1. The molecule has 0 spiro atoms. The number of piperidine rings is 1. The predicted molar refractivity (Wildman–Crippen MR) is 83.0 cm³/mol. The second-order valence-corrected chi connectivity index (χ2v) is 6.59. The maximum absolute atomic E-state index is 12.5. The maximum atomic E-state index is 12.5. The fourth-order valence-corrected chi connectivity index (χ4v) is 3.61. The molecule has 2 aromatic heterocycles. The molecular formula is C16H17NO4S. The van der Waals surface area contributed by atoms with E-state index in [9.17, 15) is 9.59 Å². The molecule has 2 aromatic rings. The van der Waals surface area contributed by atoms with Gasteiger partial charge in [-0.1, -0.05) is 0 Å². The van der Waals surface area contributed by atoms with Crippen LogP contribution in [0.15, 0.2) is 28.7 Å². The van der Waals surface area contributed by atoms with E-state index >= 15 is 0 Å². The molecule has 0 saturated carbocycles. The van der Waals surface area contributed by atoms with E-state index in [0.29, 0.717) is 24.4 Å². The maximum Gasteiger partial charge on any atom is 0.308 e. The van der Waals surface area contributed by atoms with Gasteiger partial charge in [-0.15, -0.1) is 11.3 Å². The molecule has 0 radical (unpaired) electrons. The largest absolute Gasteiger partial charge is 0.481 e. The topological polar surface area (TPSA) is 70.8 Å². The second kappa shape index (κ2) is 5.96. The van der Waals surface area contributed by atoms with E-state index in [4.69, 9.17) is 9.52 Å². The molecule has 1 aliphatic rings. The Kier molecular flexibility index (Phi) is 4.02. The number of hydrogen-bond acceptors (Lipinski definition) is 4. The molecule has 6 heteroatoms. The highest BCUT2D eigenvalue weighted by Gasteiger charge is 2.29. The lowest BCUT2D eigenvalue weighted by molar-refractivity contribution is -0.143. The Morgan fingerprint density at radius 2 is 2.14 bits per heavy atom. The third kappa shape index (κ3) is 2.92. The second-order valence-electron chi connectivity index (χ2n) is 5.50. The summed E-state index contributed by atoms with van der Waals surface area (Å²) in [5, 5.41) is 9.12. The number of carboxylic acid groups (broad SMARTS) is 1. The van der Waals surface area contributed by atoms with Crippen molar-refractivity contribution in [1.29, 1.82) is 0 Å². The van der Waals surface area contributed by atoms with Gasteiger partial charge in [-0.25, -0.2) is 0 Å². The lowest BCUT2D eigenvalue weighted by atomic mass is 9.98. The third-order valence-electron chi connectivity index (χ3n) is 3.86. The number of carboxylic acids is 1. The van der Waals surface area contributed by atoms with Crippen LogP contribution >= 0.6 is 11.3 Å². The highest BCUT2D eigenvalue weighted by molar-refractivity contribution is 7.17. The van der Waals surface area contributed by atoms with Gasteiger partial charge in [0.15, 0.2) is 0 Å². The molecule has 5 nitrogen and oxygen atoms in total. The molecule has 116 valence electrons. The van der Waals surface area contributed by atoms with Crippen molar-refractivity contribution in [2.75, 3.05) is 13.1 Å². The Bertz CT molecular complexity index is 703. The van der Waals surface area contributed by atoms with Crippen LogP contribution in [0.2, 0.25) is 0 Å². The molecule has 0 bridgehead atoms. The molecule has 3 rings (SSSR count). The van der Waals surface area contributed by atoms with Gasteiger partial charge < -0.3 is 14.4 Å². The van der Waals surface area contributed by atoms with Crippen molar-refractivity contribution in [3.63, 3.8) is 0 Å². The van der Waals surface area contributed by atoms with Crippen molar-refractivity contribution >= 4 is 23.2 Å². The lowest BCUT2D eigenvalue weighted by Gasteiger charge is -2.30. The zero-order chi connectivity index (χ0) is 15.7. The quantitative estimate of drug-likeness (QED) is 0.942. The van der Waals surface area contributed by atoms with Gasteiger partial charge in [-0.3, -0.25) is 9.59 Å². The predicted octanol–water partition coefficient (Wildman–Crippen LogP) is 3.25. The summed E-state index contributed by atoms with van der Waals surface area (Å²) in [6, 6.07) is 7.43. The Labute approximate surface area is 132 Å². The van der Waals surface area contributed by atoms with E-state index in [1.165, 1.54) is 11.3 Å². The highest BCUT2D eigenvalue weighted by Crippen LogP contribution is 2.31. The fraction of sp³-hybridized carbons (Fsp3) is 0.375. The summed E-state index contributed by atoms with van der Waals surface area (Å²) >= 11 is 1.38. The van der Waals surface area contributed by atoms with Crippen LogP contribution in [0.25, 0.3) is 10.6 Å². The number of likely N-dealkylation sites (tertiary alicyclic amines) is 1. The fourth-order valence-electron chi connectivity index (χ4n) is 2.67. The zero-order valence-corrected chi connectivity index (χ0v) is 13.1. The molecule has 1 saturated heterocycles. The first-order valence-corrected chi connectivity index (χ1v) is 8.05. The minimum Gasteiger partial charge on any atom is -0.481 e. The van der Waals surface area contributed by atoms with Gasteiger partial charge >= 0.3 is 5.97 Å². The van der Waals surface area contributed by atoms with E-state index in [1.807, 2.05) is 25.1 Å². The molecule has 0 aliphatic carbocycles. The minimum atomic E-state index is -0.824. The van der Waals surface area contributed by atoms with Crippen molar-refractivity contribution in [3.8, 4) is 10.6 Å². The number of rotatable bonds is 3. The molecule has 1 fully saturated rings. The number of carbonyl (C=O) groups is 2. The summed E-state index contributed by atoms with van der Waals surface area (Å²) in [7, 11) is 0. The molecule has 1 amide bonds. The van der Waals surface area contributed by atoms with Gasteiger partial charge in [0.2, 0.25) is 0 Å². The number of hydrogen-bond donors (Lipinski definition) is 1. The van der Waals surface area contributed by atoms with Crippen molar-refractivity contribution in [1.82, 2.24) is 4.90 Å². The Morgan fingerprint density at radius 1 is 1.32 bits per heavy atom. The highest BCUT2D eigenvalue weighted by atomic mass is 32.1. The molecule has 0 unspecified atom stereocenters. The first kappa shape index (κ1) is 14.8. The van der Waals surface area contributed by atoms with Crippen molar-refractivity contribution < 1.29 is 19.1 Å². The summed E-state index contributed by atoms with van der Waals surface area (Å²) in [5.41, 5.74) is 0. The normalized spacial score (nSPS) is 18.4. The SMILES string of the molecule is Cc1ccc(-c2ccc(C(=O)N3CCC[C@H](C(=O)O)C3)s2)o1. The van der Waals surface area contributed by atoms with Gasteiger partial charge in [0.25, 0.3) is 5.91 Å². The van der Waals surface area contributed by atoms with Gasteiger partial charge in [0.05, 0.1) is 15.7 Å². The number of nitrogens with zero attached hydrogens (tertiary/aromatic N) is 1. The van der Waals surface area contributed by atoms with E-state index in [0.717, 1.165) is 22.8 Å².